The summed E-state index contributed by atoms with van der Waals surface area (Å²) in [7, 11) is 0. The van der Waals surface area contributed by atoms with Gasteiger partial charge in [-0.1, -0.05) is 51.3 Å². The summed E-state index contributed by atoms with van der Waals surface area (Å²) >= 11 is 9.09. The van der Waals surface area contributed by atoms with Gasteiger partial charge in [-0.2, -0.15) is 0 Å². The zero-order valence-corrected chi connectivity index (χ0v) is 11.8. The summed E-state index contributed by atoms with van der Waals surface area (Å²) in [4.78, 5) is 1.00. The van der Waals surface area contributed by atoms with Crippen molar-refractivity contribution < 1.29 is 0 Å². The summed E-state index contributed by atoms with van der Waals surface area (Å²) in [6.45, 7) is 12.0. The normalized spacial score (nSPS) is 10.1. The zero-order chi connectivity index (χ0) is 12.8. The molecule has 0 heterocycles. The number of hydrogen-bond donors (Lipinski definition) is 1. The van der Waals surface area contributed by atoms with Gasteiger partial charge in [-0.25, -0.2) is 0 Å². The number of hydrogen-bond acceptors (Lipinski definition) is 1. The largest absolute Gasteiger partial charge is 0.143 e. The molecule has 0 nitrogen and oxygen atoms in total. The maximum Gasteiger partial charge on any atom is 0.0151 e. The lowest BCUT2D eigenvalue weighted by molar-refractivity contribution is 0.628. The van der Waals surface area contributed by atoms with Crippen molar-refractivity contribution in [3.05, 3.63) is 54.6 Å². The fourth-order valence-corrected chi connectivity index (χ4v) is 1.87. The molecule has 1 rings (SSSR count). The first-order valence-electron chi connectivity index (χ1n) is 4.98. The van der Waals surface area contributed by atoms with E-state index in [9.17, 15) is 0 Å². The van der Waals surface area contributed by atoms with Crippen molar-refractivity contribution in [2.45, 2.75) is 24.2 Å². The first kappa shape index (κ1) is 15.3. The second kappa shape index (κ2) is 6.82. The molecule has 0 unspecified atom stereocenters. The van der Waals surface area contributed by atoms with Crippen LogP contribution in [0.1, 0.15) is 19.4 Å². The van der Waals surface area contributed by atoms with E-state index in [4.69, 9.17) is 0 Å². The second-order valence-electron chi connectivity index (χ2n) is 3.87. The average Bonchev–Trinajstić information content (AvgIpc) is 2.31. The Labute approximate surface area is 109 Å². The Morgan fingerprint density at radius 1 is 1.31 bits per heavy atom. The lowest BCUT2D eigenvalue weighted by Crippen LogP contribution is -2.19. The van der Waals surface area contributed by atoms with Crippen molar-refractivity contribution in [1.29, 1.82) is 0 Å². The Morgan fingerprint density at radius 3 is 2.25 bits per heavy atom. The Kier molecular flexibility index (Phi) is 6.54. The van der Waals surface area contributed by atoms with Crippen LogP contribution in [-0.2, 0) is 5.41 Å². The summed E-state index contributed by atoms with van der Waals surface area (Å²) in [5.74, 6) is 0. The highest BCUT2D eigenvalue weighted by Gasteiger charge is 2.23. The number of halogens is 1. The van der Waals surface area contributed by atoms with Gasteiger partial charge < -0.3 is 0 Å². The van der Waals surface area contributed by atoms with Gasteiger partial charge in [0.15, 0.2) is 0 Å². The second-order valence-corrected chi connectivity index (χ2v) is 4.35. The van der Waals surface area contributed by atoms with Gasteiger partial charge in [0.25, 0.3) is 0 Å². The van der Waals surface area contributed by atoms with Crippen LogP contribution < -0.4 is 0 Å². The van der Waals surface area contributed by atoms with Gasteiger partial charge in [0, 0.05) is 16.7 Å². The molecule has 0 atom stereocenters. The fourth-order valence-electron chi connectivity index (χ4n) is 1.43. The average molecular weight is 255 g/mol. The molecule has 0 aromatic heterocycles. The van der Waals surface area contributed by atoms with Crippen LogP contribution in [0.3, 0.4) is 0 Å². The molecule has 0 radical (unpaired) electrons. The number of allylic oxidation sites excluding steroid dienone is 2. The van der Waals surface area contributed by atoms with Crippen LogP contribution in [0, 0.1) is 0 Å². The van der Waals surface area contributed by atoms with Gasteiger partial charge >= 0.3 is 0 Å². The molecule has 0 saturated carbocycles. The van der Waals surface area contributed by atoms with Gasteiger partial charge in [0.2, 0.25) is 0 Å². The minimum Gasteiger partial charge on any atom is -0.143 e. The minimum absolute atomic E-state index is 0.0971. The molecule has 0 saturated heterocycles. The van der Waals surface area contributed by atoms with Crippen LogP contribution in [0.15, 0.2) is 54.0 Å². The van der Waals surface area contributed by atoms with Gasteiger partial charge in [-0.15, -0.1) is 24.2 Å². The molecule has 0 amide bonds. The molecule has 1 aromatic rings. The number of benzene rings is 1. The Morgan fingerprint density at radius 2 is 1.81 bits per heavy atom. The number of thiol groups is 1. The van der Waals surface area contributed by atoms with Crippen LogP contribution in [0.4, 0.5) is 0 Å². The SMILES string of the molecule is C=CC(=C)C(C)(C)c1ccccc1S.CCl. The molecule has 0 spiro atoms. The lowest BCUT2D eigenvalue weighted by atomic mass is 9.78. The van der Waals surface area contributed by atoms with Crippen LogP contribution in [0.5, 0.6) is 0 Å². The minimum atomic E-state index is -0.0971. The van der Waals surface area contributed by atoms with E-state index in [0.29, 0.717) is 0 Å². The Bertz CT molecular complexity index is 367. The molecule has 1 aromatic carbocycles. The maximum absolute atomic E-state index is 4.64. The third kappa shape index (κ3) is 3.43. The first-order chi connectivity index (χ1) is 7.50. The van der Waals surface area contributed by atoms with E-state index in [1.165, 1.54) is 11.9 Å². The van der Waals surface area contributed by atoms with E-state index in [-0.39, 0.29) is 5.41 Å². The molecule has 0 aliphatic carbocycles. The standard InChI is InChI=1S/C13H16S.CH3Cl/c1-5-10(2)13(3,4)11-8-6-7-9-12(11)14;1-2/h5-9,14H,1-2H2,3-4H3;1H3. The zero-order valence-electron chi connectivity index (χ0n) is 10.1. The molecule has 0 aliphatic heterocycles. The summed E-state index contributed by atoms with van der Waals surface area (Å²) in [5.41, 5.74) is 2.10. The molecule has 88 valence electrons. The highest BCUT2D eigenvalue weighted by molar-refractivity contribution is 7.80. The quantitative estimate of drug-likeness (QED) is 0.445. The van der Waals surface area contributed by atoms with Crippen molar-refractivity contribution in [1.82, 2.24) is 0 Å². The summed E-state index contributed by atoms with van der Waals surface area (Å²) in [5, 5.41) is 0. The highest BCUT2D eigenvalue weighted by Crippen LogP contribution is 2.34. The van der Waals surface area contributed by atoms with Crippen LogP contribution in [0.2, 0.25) is 0 Å². The third-order valence-corrected chi connectivity index (χ3v) is 3.02. The van der Waals surface area contributed by atoms with E-state index in [0.717, 1.165) is 10.5 Å². The van der Waals surface area contributed by atoms with E-state index >= 15 is 0 Å². The smallest absolute Gasteiger partial charge is 0.0151 e. The topological polar surface area (TPSA) is 0 Å². The molecule has 16 heavy (non-hydrogen) atoms. The van der Waals surface area contributed by atoms with Gasteiger partial charge in [0.05, 0.1) is 0 Å². The lowest BCUT2D eigenvalue weighted by Gasteiger charge is -2.27. The highest BCUT2D eigenvalue weighted by atomic mass is 35.5. The monoisotopic (exact) mass is 254 g/mol. The first-order valence-corrected chi connectivity index (χ1v) is 6.18. The van der Waals surface area contributed by atoms with Crippen LogP contribution in [0.25, 0.3) is 0 Å². The van der Waals surface area contributed by atoms with Crippen molar-refractivity contribution in [3.63, 3.8) is 0 Å². The molecule has 0 N–H and O–H groups in total. The van der Waals surface area contributed by atoms with Crippen LogP contribution >= 0.6 is 24.2 Å². The van der Waals surface area contributed by atoms with Crippen molar-refractivity contribution in [3.8, 4) is 0 Å². The molecular weight excluding hydrogens is 236 g/mol. The van der Waals surface area contributed by atoms with Gasteiger partial charge in [-0.05, 0) is 17.2 Å². The van der Waals surface area contributed by atoms with Crippen molar-refractivity contribution in [2.75, 3.05) is 6.38 Å². The fraction of sp³-hybridized carbons (Fsp3) is 0.286. The van der Waals surface area contributed by atoms with Gasteiger partial charge in [0.1, 0.15) is 0 Å². The van der Waals surface area contributed by atoms with E-state index in [2.05, 4.69) is 57.3 Å². The maximum atomic E-state index is 4.64. The summed E-state index contributed by atoms with van der Waals surface area (Å²) in [6.07, 6.45) is 3.28. The molecule has 2 heteroatoms. The van der Waals surface area contributed by atoms with Crippen molar-refractivity contribution in [2.24, 2.45) is 0 Å². The molecule has 0 bridgehead atoms. The molecule has 0 aliphatic rings. The Balaban J connectivity index is 0.00000106. The summed E-state index contributed by atoms with van der Waals surface area (Å²) in [6, 6.07) is 8.08. The van der Waals surface area contributed by atoms with E-state index in [1.54, 1.807) is 6.08 Å². The summed E-state index contributed by atoms with van der Waals surface area (Å²) < 4.78 is 0. The predicted molar refractivity (Wildman–Crippen MR) is 77.8 cm³/mol. The van der Waals surface area contributed by atoms with Gasteiger partial charge in [-0.3, -0.25) is 0 Å². The van der Waals surface area contributed by atoms with E-state index < -0.39 is 0 Å². The molecular formula is C14H19ClS. The number of rotatable bonds is 3. The number of alkyl halides is 1. The van der Waals surface area contributed by atoms with E-state index in [1.807, 2.05) is 18.2 Å². The predicted octanol–water partition coefficient (Wildman–Crippen LogP) is 4.85. The Hall–Kier alpha value is -0.660. The van der Waals surface area contributed by atoms with Crippen molar-refractivity contribution >= 4 is 24.2 Å². The molecule has 0 fully saturated rings. The third-order valence-electron chi connectivity index (χ3n) is 2.63. The van der Waals surface area contributed by atoms with Crippen LogP contribution in [-0.4, -0.2) is 6.38 Å².